The van der Waals surface area contributed by atoms with Crippen molar-refractivity contribution in [2.75, 3.05) is 11.9 Å². The third-order valence-electron chi connectivity index (χ3n) is 5.23. The lowest BCUT2D eigenvalue weighted by molar-refractivity contribution is 0.107. The van der Waals surface area contributed by atoms with E-state index in [0.717, 1.165) is 29.1 Å². The standard InChI is InChI=1S/C21H20BN5O3/c28-22(29)17-7-4-8-19-16(17)12-24-27(19)21-25-18-13-30-10-9-15(18)20(26-21)23-11-14-5-2-1-3-6-14/h1-8,12,28-29H,9-11,13H2,(H,23,25,26). The van der Waals surface area contributed by atoms with Gasteiger partial charge in [0.2, 0.25) is 0 Å². The van der Waals surface area contributed by atoms with Crippen LogP contribution in [0.1, 0.15) is 16.8 Å². The van der Waals surface area contributed by atoms with E-state index in [1.54, 1.807) is 23.0 Å². The Morgan fingerprint density at radius 2 is 1.93 bits per heavy atom. The molecule has 2 aromatic heterocycles. The second kappa shape index (κ2) is 7.87. The molecule has 0 unspecified atom stereocenters. The van der Waals surface area contributed by atoms with Crippen LogP contribution in [0.4, 0.5) is 5.82 Å². The molecule has 0 amide bonds. The van der Waals surface area contributed by atoms with Crippen LogP contribution < -0.4 is 10.8 Å². The quantitative estimate of drug-likeness (QED) is 0.432. The van der Waals surface area contributed by atoms with E-state index in [0.29, 0.717) is 42.1 Å². The van der Waals surface area contributed by atoms with E-state index in [4.69, 9.17) is 14.7 Å². The summed E-state index contributed by atoms with van der Waals surface area (Å²) in [5, 5.41) is 27.8. The van der Waals surface area contributed by atoms with Crippen molar-refractivity contribution in [3.63, 3.8) is 0 Å². The average molecular weight is 401 g/mol. The molecule has 1 aliphatic heterocycles. The summed E-state index contributed by atoms with van der Waals surface area (Å²) in [4.78, 5) is 9.46. The minimum Gasteiger partial charge on any atom is -0.423 e. The van der Waals surface area contributed by atoms with Gasteiger partial charge in [-0.05, 0) is 17.1 Å². The van der Waals surface area contributed by atoms with Crippen molar-refractivity contribution in [3.8, 4) is 5.95 Å². The number of hydrogen-bond acceptors (Lipinski definition) is 7. The highest BCUT2D eigenvalue weighted by atomic mass is 16.5. The molecule has 0 atom stereocenters. The molecule has 4 aromatic rings. The Bertz CT molecular complexity index is 1200. The number of anilines is 1. The highest BCUT2D eigenvalue weighted by Gasteiger charge is 2.22. The molecule has 1 aliphatic rings. The van der Waals surface area contributed by atoms with Crippen molar-refractivity contribution in [2.24, 2.45) is 0 Å². The second-order valence-corrected chi connectivity index (χ2v) is 7.15. The van der Waals surface area contributed by atoms with Gasteiger partial charge in [-0.2, -0.15) is 14.8 Å². The van der Waals surface area contributed by atoms with Crippen LogP contribution in [0.2, 0.25) is 0 Å². The largest absolute Gasteiger partial charge is 0.489 e. The Morgan fingerprint density at radius 3 is 2.77 bits per heavy atom. The van der Waals surface area contributed by atoms with Crippen LogP contribution in [0.15, 0.2) is 54.7 Å². The molecule has 30 heavy (non-hydrogen) atoms. The van der Waals surface area contributed by atoms with Crippen molar-refractivity contribution in [1.29, 1.82) is 0 Å². The van der Waals surface area contributed by atoms with Gasteiger partial charge in [0.25, 0.3) is 5.95 Å². The molecular weight excluding hydrogens is 381 g/mol. The van der Waals surface area contributed by atoms with Gasteiger partial charge in [-0.3, -0.25) is 0 Å². The summed E-state index contributed by atoms with van der Waals surface area (Å²) in [6.07, 6.45) is 2.34. The first-order chi connectivity index (χ1) is 14.7. The van der Waals surface area contributed by atoms with Gasteiger partial charge in [0, 0.05) is 23.9 Å². The van der Waals surface area contributed by atoms with Gasteiger partial charge in [0.05, 0.1) is 30.6 Å². The van der Waals surface area contributed by atoms with E-state index in [1.807, 2.05) is 24.3 Å². The van der Waals surface area contributed by atoms with E-state index >= 15 is 0 Å². The van der Waals surface area contributed by atoms with Crippen molar-refractivity contribution < 1.29 is 14.8 Å². The van der Waals surface area contributed by atoms with Crippen molar-refractivity contribution >= 4 is 29.3 Å². The van der Waals surface area contributed by atoms with Gasteiger partial charge in [-0.1, -0.05) is 42.5 Å². The van der Waals surface area contributed by atoms with Gasteiger partial charge < -0.3 is 20.1 Å². The molecular formula is C21H20BN5O3. The molecule has 0 fully saturated rings. The molecule has 150 valence electrons. The fourth-order valence-electron chi connectivity index (χ4n) is 3.72. The fraction of sp³-hybridized carbons (Fsp3) is 0.190. The zero-order valence-electron chi connectivity index (χ0n) is 16.2. The van der Waals surface area contributed by atoms with E-state index in [-0.39, 0.29) is 0 Å². The molecule has 8 nitrogen and oxygen atoms in total. The zero-order chi connectivity index (χ0) is 20.5. The van der Waals surface area contributed by atoms with E-state index < -0.39 is 7.12 Å². The fourth-order valence-corrected chi connectivity index (χ4v) is 3.72. The molecule has 0 radical (unpaired) electrons. The van der Waals surface area contributed by atoms with Gasteiger partial charge in [0.15, 0.2) is 0 Å². The van der Waals surface area contributed by atoms with E-state index in [9.17, 15) is 10.0 Å². The van der Waals surface area contributed by atoms with Gasteiger partial charge in [-0.15, -0.1) is 0 Å². The summed E-state index contributed by atoms with van der Waals surface area (Å²) >= 11 is 0. The summed E-state index contributed by atoms with van der Waals surface area (Å²) in [5.41, 5.74) is 4.14. The topological polar surface area (TPSA) is 105 Å². The second-order valence-electron chi connectivity index (χ2n) is 7.15. The lowest BCUT2D eigenvalue weighted by Gasteiger charge is -2.20. The van der Waals surface area contributed by atoms with Crippen molar-refractivity contribution in [1.82, 2.24) is 19.7 Å². The predicted octanol–water partition coefficient (Wildman–Crippen LogP) is 1.18. The molecule has 3 N–H and O–H groups in total. The lowest BCUT2D eigenvalue weighted by Crippen LogP contribution is -2.30. The average Bonchev–Trinajstić information content (AvgIpc) is 3.22. The van der Waals surface area contributed by atoms with Crippen LogP contribution in [0, 0.1) is 0 Å². The van der Waals surface area contributed by atoms with Gasteiger partial charge in [0.1, 0.15) is 5.82 Å². The monoisotopic (exact) mass is 401 g/mol. The molecule has 0 spiro atoms. The van der Waals surface area contributed by atoms with Crippen molar-refractivity contribution in [2.45, 2.75) is 19.6 Å². The summed E-state index contributed by atoms with van der Waals surface area (Å²) in [6, 6.07) is 15.4. The molecule has 2 aromatic carbocycles. The maximum atomic E-state index is 9.64. The summed E-state index contributed by atoms with van der Waals surface area (Å²) < 4.78 is 7.23. The Hall–Kier alpha value is -3.27. The zero-order valence-corrected chi connectivity index (χ0v) is 16.2. The normalized spacial score (nSPS) is 13.3. The molecule has 0 bridgehead atoms. The lowest BCUT2D eigenvalue weighted by atomic mass is 9.78. The minimum absolute atomic E-state index is 0.391. The van der Waals surface area contributed by atoms with Crippen LogP contribution in [0.3, 0.4) is 0 Å². The molecule has 5 rings (SSSR count). The van der Waals surface area contributed by atoms with E-state index in [2.05, 4.69) is 22.5 Å². The first-order valence-corrected chi connectivity index (χ1v) is 9.79. The van der Waals surface area contributed by atoms with Crippen LogP contribution in [0.5, 0.6) is 0 Å². The molecule has 0 aliphatic carbocycles. The maximum Gasteiger partial charge on any atom is 0.489 e. The first kappa shape index (κ1) is 18.7. The minimum atomic E-state index is -1.58. The number of hydrogen-bond donors (Lipinski definition) is 3. The number of fused-ring (bicyclic) bond motifs is 2. The van der Waals surface area contributed by atoms with Crippen molar-refractivity contribution in [3.05, 3.63) is 71.5 Å². The van der Waals surface area contributed by atoms with Crippen LogP contribution >= 0.6 is 0 Å². The number of nitrogens with one attached hydrogen (secondary N) is 1. The number of nitrogens with zero attached hydrogens (tertiary/aromatic N) is 4. The van der Waals surface area contributed by atoms with Gasteiger partial charge >= 0.3 is 7.12 Å². The third kappa shape index (κ3) is 3.43. The Kier molecular flexibility index (Phi) is 4.92. The molecule has 0 saturated carbocycles. The highest BCUT2D eigenvalue weighted by Crippen LogP contribution is 2.25. The number of ether oxygens (including phenoxy) is 1. The van der Waals surface area contributed by atoms with Crippen LogP contribution in [-0.2, 0) is 24.3 Å². The predicted molar refractivity (Wildman–Crippen MR) is 114 cm³/mol. The maximum absolute atomic E-state index is 9.64. The van der Waals surface area contributed by atoms with Crippen LogP contribution in [0.25, 0.3) is 16.9 Å². The Balaban J connectivity index is 1.58. The number of rotatable bonds is 5. The SMILES string of the molecule is OB(O)c1cccc2c1cnn2-c1nc2c(c(NCc3ccccc3)n1)CCOC2. The van der Waals surface area contributed by atoms with Crippen LogP contribution in [-0.4, -0.2) is 43.5 Å². The Morgan fingerprint density at radius 1 is 1.07 bits per heavy atom. The number of benzene rings is 2. The summed E-state index contributed by atoms with van der Waals surface area (Å²) in [7, 11) is -1.58. The summed E-state index contributed by atoms with van der Waals surface area (Å²) in [6.45, 7) is 1.70. The smallest absolute Gasteiger partial charge is 0.423 e. The number of aromatic nitrogens is 4. The Labute approximate surface area is 173 Å². The first-order valence-electron chi connectivity index (χ1n) is 9.79. The van der Waals surface area contributed by atoms with E-state index in [1.165, 1.54) is 0 Å². The third-order valence-corrected chi connectivity index (χ3v) is 5.23. The molecule has 3 heterocycles. The highest BCUT2D eigenvalue weighted by molar-refractivity contribution is 6.61. The molecule has 9 heteroatoms. The molecule has 0 saturated heterocycles. The summed E-state index contributed by atoms with van der Waals surface area (Å²) in [5.74, 6) is 1.18. The van der Waals surface area contributed by atoms with Gasteiger partial charge in [-0.25, -0.2) is 4.98 Å².